The van der Waals surface area contributed by atoms with Crippen LogP contribution in [0.15, 0.2) is 28.7 Å². The topological polar surface area (TPSA) is 48.2 Å². The van der Waals surface area contributed by atoms with Gasteiger partial charge in [0.1, 0.15) is 5.25 Å². The molecule has 1 aromatic heterocycles. The number of thioether (sulfide) groups is 1. The summed E-state index contributed by atoms with van der Waals surface area (Å²) in [7, 11) is 0. The molecule has 0 bridgehead atoms. The summed E-state index contributed by atoms with van der Waals surface area (Å²) in [6.07, 6.45) is 2.10. The first kappa shape index (κ1) is 12.4. The number of nitrogens with zero attached hydrogens (tertiary/aromatic N) is 2. The molecule has 2 atom stereocenters. The van der Waals surface area contributed by atoms with Crippen LogP contribution in [-0.2, 0) is 11.2 Å². The quantitative estimate of drug-likeness (QED) is 0.850. The number of fused-ring (bicyclic) bond motifs is 1. The van der Waals surface area contributed by atoms with Crippen molar-refractivity contribution in [3.05, 3.63) is 47.2 Å². The molecule has 2 aromatic rings. The van der Waals surface area contributed by atoms with Gasteiger partial charge in [0.15, 0.2) is 0 Å². The van der Waals surface area contributed by atoms with Gasteiger partial charge in [0.25, 0.3) is 0 Å². The van der Waals surface area contributed by atoms with E-state index >= 15 is 0 Å². The molecular weight excluding hydrogens is 272 g/mol. The van der Waals surface area contributed by atoms with Gasteiger partial charge in [-0.2, -0.15) is 0 Å². The fourth-order valence-electron chi connectivity index (χ4n) is 2.85. The molecule has 1 saturated heterocycles. The average Bonchev–Trinajstić information content (AvgIpc) is 3.17. The highest BCUT2D eigenvalue weighted by atomic mass is 32.2. The lowest BCUT2D eigenvalue weighted by molar-refractivity contribution is 0.190. The third-order valence-electron chi connectivity index (χ3n) is 3.95. The highest BCUT2D eigenvalue weighted by Crippen LogP contribution is 2.41. The Balaban J connectivity index is 1.65. The average molecular weight is 288 g/mol. The molecule has 2 aliphatic heterocycles. The van der Waals surface area contributed by atoms with Crippen LogP contribution in [0.3, 0.4) is 0 Å². The van der Waals surface area contributed by atoms with Crippen LogP contribution in [0.25, 0.3) is 0 Å². The molecule has 0 aliphatic carbocycles. The second-order valence-corrected chi connectivity index (χ2v) is 6.45. The SMILES string of the molecule is c1ccc2c(c1)CCS[C@@H]2c1nnc([C@@H]2CCOC2)o1. The van der Waals surface area contributed by atoms with Crippen LogP contribution in [0.4, 0.5) is 0 Å². The van der Waals surface area contributed by atoms with Gasteiger partial charge in [-0.15, -0.1) is 22.0 Å². The first-order valence-corrected chi connectivity index (χ1v) is 8.07. The Labute approximate surface area is 121 Å². The zero-order chi connectivity index (χ0) is 13.4. The summed E-state index contributed by atoms with van der Waals surface area (Å²) in [5.74, 6) is 2.86. The Bertz CT molecular complexity index is 607. The van der Waals surface area contributed by atoms with Crippen molar-refractivity contribution >= 4 is 11.8 Å². The number of hydrogen-bond donors (Lipinski definition) is 0. The second kappa shape index (κ2) is 5.22. The van der Waals surface area contributed by atoms with E-state index in [9.17, 15) is 0 Å². The molecule has 20 heavy (non-hydrogen) atoms. The number of aryl methyl sites for hydroxylation is 1. The van der Waals surface area contributed by atoms with Crippen molar-refractivity contribution in [2.45, 2.75) is 24.0 Å². The maximum atomic E-state index is 5.94. The molecule has 0 radical (unpaired) electrons. The Morgan fingerprint density at radius 2 is 2.05 bits per heavy atom. The Morgan fingerprint density at radius 3 is 2.95 bits per heavy atom. The molecule has 1 aromatic carbocycles. The van der Waals surface area contributed by atoms with Gasteiger partial charge in [-0.05, 0) is 29.7 Å². The van der Waals surface area contributed by atoms with Gasteiger partial charge in [-0.1, -0.05) is 24.3 Å². The lowest BCUT2D eigenvalue weighted by atomic mass is 10.0. The van der Waals surface area contributed by atoms with E-state index in [0.29, 0.717) is 6.61 Å². The molecule has 4 rings (SSSR count). The fourth-order valence-corrected chi connectivity index (χ4v) is 4.07. The van der Waals surface area contributed by atoms with Gasteiger partial charge in [-0.25, -0.2) is 0 Å². The molecule has 0 N–H and O–H groups in total. The van der Waals surface area contributed by atoms with E-state index in [2.05, 4.69) is 34.5 Å². The number of rotatable bonds is 2. The van der Waals surface area contributed by atoms with Gasteiger partial charge in [0, 0.05) is 6.61 Å². The van der Waals surface area contributed by atoms with Gasteiger partial charge in [0.05, 0.1) is 12.5 Å². The zero-order valence-corrected chi connectivity index (χ0v) is 11.9. The summed E-state index contributed by atoms with van der Waals surface area (Å²) in [4.78, 5) is 0. The normalized spacial score (nSPS) is 25.6. The van der Waals surface area contributed by atoms with Gasteiger partial charge < -0.3 is 9.15 Å². The molecule has 1 fully saturated rings. The monoisotopic (exact) mass is 288 g/mol. The van der Waals surface area contributed by atoms with E-state index in [4.69, 9.17) is 9.15 Å². The fraction of sp³-hybridized carbons (Fsp3) is 0.467. The Morgan fingerprint density at radius 1 is 1.15 bits per heavy atom. The summed E-state index contributed by atoms with van der Waals surface area (Å²) in [5, 5.41) is 8.71. The van der Waals surface area contributed by atoms with Crippen LogP contribution in [0, 0.1) is 0 Å². The summed E-state index contributed by atoms with van der Waals surface area (Å²) < 4.78 is 11.3. The van der Waals surface area contributed by atoms with Crippen molar-refractivity contribution < 1.29 is 9.15 Å². The molecule has 5 heteroatoms. The van der Waals surface area contributed by atoms with E-state index in [-0.39, 0.29) is 11.2 Å². The largest absolute Gasteiger partial charge is 0.423 e. The number of hydrogen-bond acceptors (Lipinski definition) is 5. The molecule has 4 nitrogen and oxygen atoms in total. The second-order valence-electron chi connectivity index (χ2n) is 5.24. The molecule has 104 valence electrons. The van der Waals surface area contributed by atoms with Gasteiger partial charge in [0.2, 0.25) is 11.8 Å². The van der Waals surface area contributed by atoms with Crippen molar-refractivity contribution in [3.8, 4) is 0 Å². The summed E-state index contributed by atoms with van der Waals surface area (Å²) in [6.45, 7) is 1.50. The molecule has 3 heterocycles. The lowest BCUT2D eigenvalue weighted by Crippen LogP contribution is -2.09. The van der Waals surface area contributed by atoms with Crippen molar-refractivity contribution in [1.82, 2.24) is 10.2 Å². The van der Waals surface area contributed by atoms with Gasteiger partial charge >= 0.3 is 0 Å². The zero-order valence-electron chi connectivity index (χ0n) is 11.1. The predicted molar refractivity (Wildman–Crippen MR) is 76.9 cm³/mol. The van der Waals surface area contributed by atoms with Crippen molar-refractivity contribution in [2.75, 3.05) is 19.0 Å². The minimum absolute atomic E-state index is 0.184. The van der Waals surface area contributed by atoms with E-state index in [1.807, 2.05) is 11.8 Å². The third-order valence-corrected chi connectivity index (χ3v) is 5.18. The van der Waals surface area contributed by atoms with Crippen molar-refractivity contribution in [3.63, 3.8) is 0 Å². The van der Waals surface area contributed by atoms with Crippen molar-refractivity contribution in [2.24, 2.45) is 0 Å². The van der Waals surface area contributed by atoms with Crippen LogP contribution >= 0.6 is 11.8 Å². The molecule has 0 spiro atoms. The van der Waals surface area contributed by atoms with Crippen LogP contribution in [0.5, 0.6) is 0 Å². The van der Waals surface area contributed by atoms with Crippen LogP contribution in [-0.4, -0.2) is 29.2 Å². The summed E-state index contributed by atoms with van der Waals surface area (Å²) in [5.41, 5.74) is 2.72. The number of ether oxygens (including phenoxy) is 1. The maximum Gasteiger partial charge on any atom is 0.233 e. The Kier molecular flexibility index (Phi) is 3.24. The minimum atomic E-state index is 0.184. The van der Waals surface area contributed by atoms with Crippen LogP contribution in [0.1, 0.15) is 40.5 Å². The van der Waals surface area contributed by atoms with Crippen molar-refractivity contribution in [1.29, 1.82) is 0 Å². The van der Waals surface area contributed by atoms with Crippen LogP contribution in [0.2, 0.25) is 0 Å². The van der Waals surface area contributed by atoms with E-state index in [1.165, 1.54) is 11.1 Å². The predicted octanol–water partition coefficient (Wildman–Crippen LogP) is 2.95. The number of aromatic nitrogens is 2. The van der Waals surface area contributed by atoms with Gasteiger partial charge in [-0.3, -0.25) is 0 Å². The van der Waals surface area contributed by atoms with E-state index in [0.717, 1.165) is 37.0 Å². The standard InChI is InChI=1S/C15H16N2O2S/c1-2-4-12-10(3-1)6-8-20-13(12)15-17-16-14(19-15)11-5-7-18-9-11/h1-4,11,13H,5-9H2/t11-,13+/m1/s1. The molecule has 0 unspecified atom stereocenters. The molecule has 2 aliphatic rings. The highest BCUT2D eigenvalue weighted by molar-refractivity contribution is 7.99. The minimum Gasteiger partial charge on any atom is -0.423 e. The smallest absolute Gasteiger partial charge is 0.233 e. The maximum absolute atomic E-state index is 5.94. The molecule has 0 saturated carbocycles. The Hall–Kier alpha value is -1.33. The summed E-state index contributed by atoms with van der Waals surface area (Å²) in [6, 6.07) is 8.56. The first-order valence-electron chi connectivity index (χ1n) is 7.02. The highest BCUT2D eigenvalue weighted by Gasteiger charge is 2.29. The third kappa shape index (κ3) is 2.15. The van der Waals surface area contributed by atoms with E-state index in [1.54, 1.807) is 0 Å². The van der Waals surface area contributed by atoms with Crippen LogP contribution < -0.4 is 0 Å². The lowest BCUT2D eigenvalue weighted by Gasteiger charge is -2.22. The summed E-state index contributed by atoms with van der Waals surface area (Å²) >= 11 is 1.89. The number of benzene rings is 1. The molecular formula is C15H16N2O2S. The van der Waals surface area contributed by atoms with E-state index < -0.39 is 0 Å². The first-order chi connectivity index (χ1) is 9.92. The molecule has 0 amide bonds.